The standard InChI is InChI=1S/C25H28N2O2S/c1-17-3-7-19(8-4-17)13-22-15-30(28,29)16-23-24(22)26-27(14-20-9-10-20)25(23)21-11-5-18(2)6-12-21/h3-8,11-13,20,23,25H,9-10,14-16H2,1-2H3/b22-13+. The van der Waals surface area contributed by atoms with Crippen LogP contribution >= 0.6 is 0 Å². The van der Waals surface area contributed by atoms with E-state index >= 15 is 0 Å². The highest BCUT2D eigenvalue weighted by atomic mass is 32.2. The first-order valence-corrected chi connectivity index (χ1v) is 12.6. The van der Waals surface area contributed by atoms with Crippen molar-refractivity contribution >= 4 is 21.6 Å². The van der Waals surface area contributed by atoms with Crippen LogP contribution in [0.5, 0.6) is 0 Å². The first-order chi connectivity index (χ1) is 14.4. The molecular formula is C25H28N2O2S. The van der Waals surface area contributed by atoms with E-state index in [2.05, 4.69) is 55.3 Å². The second-order valence-corrected chi connectivity index (χ2v) is 11.3. The lowest BCUT2D eigenvalue weighted by atomic mass is 9.87. The molecule has 4 nitrogen and oxygen atoms in total. The lowest BCUT2D eigenvalue weighted by Gasteiger charge is -2.30. The van der Waals surface area contributed by atoms with Crippen molar-refractivity contribution < 1.29 is 8.42 Å². The van der Waals surface area contributed by atoms with Gasteiger partial charge in [-0.15, -0.1) is 0 Å². The Bertz CT molecular complexity index is 1110. The smallest absolute Gasteiger partial charge is 0.155 e. The summed E-state index contributed by atoms with van der Waals surface area (Å²) in [6.45, 7) is 5.05. The molecule has 0 bridgehead atoms. The van der Waals surface area contributed by atoms with Crippen LogP contribution < -0.4 is 0 Å². The van der Waals surface area contributed by atoms with E-state index in [1.54, 1.807) is 0 Å². The summed E-state index contributed by atoms with van der Waals surface area (Å²) in [6, 6.07) is 16.7. The van der Waals surface area contributed by atoms with E-state index in [-0.39, 0.29) is 23.5 Å². The number of hydrogen-bond donors (Lipinski definition) is 0. The number of benzene rings is 2. The molecule has 1 saturated carbocycles. The van der Waals surface area contributed by atoms with Crippen LogP contribution in [0.25, 0.3) is 6.08 Å². The van der Waals surface area contributed by atoms with Crippen molar-refractivity contribution in [1.29, 1.82) is 0 Å². The van der Waals surface area contributed by atoms with Crippen LogP contribution in [-0.4, -0.2) is 37.2 Å². The zero-order valence-electron chi connectivity index (χ0n) is 17.6. The van der Waals surface area contributed by atoms with Crippen LogP contribution in [0, 0.1) is 25.7 Å². The number of sulfone groups is 1. The monoisotopic (exact) mass is 420 g/mol. The molecule has 5 rings (SSSR count). The Morgan fingerprint density at radius 3 is 2.27 bits per heavy atom. The van der Waals surface area contributed by atoms with E-state index in [1.807, 2.05) is 18.2 Å². The van der Waals surface area contributed by atoms with Gasteiger partial charge in [0.15, 0.2) is 9.84 Å². The molecule has 2 aliphatic heterocycles. The second kappa shape index (κ2) is 7.38. The predicted octanol–water partition coefficient (Wildman–Crippen LogP) is 4.55. The highest BCUT2D eigenvalue weighted by Gasteiger charge is 2.46. The molecule has 0 spiro atoms. The van der Waals surface area contributed by atoms with Gasteiger partial charge in [0.2, 0.25) is 0 Å². The zero-order valence-corrected chi connectivity index (χ0v) is 18.4. The molecule has 1 aliphatic carbocycles. The normalized spacial score (nSPS) is 26.5. The van der Waals surface area contributed by atoms with Crippen molar-refractivity contribution in [2.24, 2.45) is 16.9 Å². The van der Waals surface area contributed by atoms with E-state index in [0.717, 1.165) is 29.0 Å². The first kappa shape index (κ1) is 19.6. The topological polar surface area (TPSA) is 49.7 Å². The van der Waals surface area contributed by atoms with Crippen LogP contribution in [0.1, 0.15) is 41.1 Å². The Kier molecular flexibility index (Phi) is 4.81. The van der Waals surface area contributed by atoms with Gasteiger partial charge in [-0.1, -0.05) is 59.7 Å². The van der Waals surface area contributed by atoms with Gasteiger partial charge in [-0.25, -0.2) is 8.42 Å². The molecular weight excluding hydrogens is 392 g/mol. The van der Waals surface area contributed by atoms with Gasteiger partial charge in [-0.2, -0.15) is 5.10 Å². The summed E-state index contributed by atoms with van der Waals surface area (Å²) < 4.78 is 25.8. The third-order valence-electron chi connectivity index (χ3n) is 6.41. The summed E-state index contributed by atoms with van der Waals surface area (Å²) in [5.41, 5.74) is 6.42. The minimum atomic E-state index is -3.18. The molecule has 0 amide bonds. The average Bonchev–Trinajstić information content (AvgIpc) is 3.44. The molecule has 2 aromatic carbocycles. The van der Waals surface area contributed by atoms with Gasteiger partial charge < -0.3 is 0 Å². The fraction of sp³-hybridized carbons (Fsp3) is 0.400. The fourth-order valence-corrected chi connectivity index (χ4v) is 6.32. The average molecular weight is 421 g/mol. The van der Waals surface area contributed by atoms with Crippen LogP contribution in [-0.2, 0) is 9.84 Å². The van der Waals surface area contributed by atoms with Gasteiger partial charge in [-0.05, 0) is 55.4 Å². The maximum absolute atomic E-state index is 12.9. The van der Waals surface area contributed by atoms with Crippen molar-refractivity contribution in [2.45, 2.75) is 32.7 Å². The Hall–Kier alpha value is -2.40. The Labute approximate surface area is 179 Å². The van der Waals surface area contributed by atoms with Gasteiger partial charge in [-0.3, -0.25) is 5.01 Å². The highest BCUT2D eigenvalue weighted by molar-refractivity contribution is 7.91. The summed E-state index contributed by atoms with van der Waals surface area (Å²) in [5.74, 6) is 0.829. The minimum absolute atomic E-state index is 0.00214. The van der Waals surface area contributed by atoms with E-state index in [1.165, 1.54) is 24.0 Å². The Balaban J connectivity index is 1.57. The van der Waals surface area contributed by atoms with Gasteiger partial charge in [0.25, 0.3) is 0 Å². The predicted molar refractivity (Wildman–Crippen MR) is 122 cm³/mol. The molecule has 0 radical (unpaired) electrons. The second-order valence-electron chi connectivity index (χ2n) is 9.15. The quantitative estimate of drug-likeness (QED) is 0.729. The maximum atomic E-state index is 12.9. The molecule has 2 atom stereocenters. The van der Waals surface area contributed by atoms with Gasteiger partial charge in [0.1, 0.15) is 0 Å². The molecule has 2 heterocycles. The van der Waals surface area contributed by atoms with Crippen LogP contribution in [0.3, 0.4) is 0 Å². The van der Waals surface area contributed by atoms with E-state index in [0.29, 0.717) is 5.92 Å². The Morgan fingerprint density at radius 2 is 1.63 bits per heavy atom. The van der Waals surface area contributed by atoms with Crippen LogP contribution in [0.4, 0.5) is 0 Å². The van der Waals surface area contributed by atoms with Gasteiger partial charge in [0, 0.05) is 12.5 Å². The van der Waals surface area contributed by atoms with Crippen LogP contribution in [0.2, 0.25) is 0 Å². The fourth-order valence-electron chi connectivity index (χ4n) is 4.61. The number of aryl methyl sites for hydroxylation is 2. The van der Waals surface area contributed by atoms with Gasteiger partial charge >= 0.3 is 0 Å². The largest absolute Gasteiger partial charge is 0.288 e. The summed E-state index contributed by atoms with van der Waals surface area (Å²) in [4.78, 5) is 0. The van der Waals surface area contributed by atoms with E-state index < -0.39 is 9.84 Å². The van der Waals surface area contributed by atoms with Crippen LogP contribution in [0.15, 0.2) is 59.2 Å². The number of rotatable bonds is 4. The molecule has 2 unspecified atom stereocenters. The number of nitrogens with zero attached hydrogens (tertiary/aromatic N) is 2. The van der Waals surface area contributed by atoms with Crippen molar-refractivity contribution in [1.82, 2.24) is 5.01 Å². The summed E-state index contributed by atoms with van der Waals surface area (Å²) in [7, 11) is -3.18. The lowest BCUT2D eigenvalue weighted by Crippen LogP contribution is -2.37. The number of hydrogen-bond acceptors (Lipinski definition) is 4. The SMILES string of the molecule is Cc1ccc(/C=C2\CS(=O)(=O)CC3C2=NN(CC2CC2)C3c2ccc(C)cc2)cc1. The summed E-state index contributed by atoms with van der Waals surface area (Å²) in [6.07, 6.45) is 4.52. The van der Waals surface area contributed by atoms with Crippen molar-refractivity contribution in [3.63, 3.8) is 0 Å². The Morgan fingerprint density at radius 1 is 1.00 bits per heavy atom. The molecule has 5 heteroatoms. The highest BCUT2D eigenvalue weighted by Crippen LogP contribution is 2.44. The van der Waals surface area contributed by atoms with Crippen molar-refractivity contribution in [3.05, 3.63) is 76.4 Å². The molecule has 0 aromatic heterocycles. The van der Waals surface area contributed by atoms with Crippen molar-refractivity contribution in [2.75, 3.05) is 18.1 Å². The number of hydrazone groups is 1. The molecule has 156 valence electrons. The maximum Gasteiger partial charge on any atom is 0.155 e. The lowest BCUT2D eigenvalue weighted by molar-refractivity contribution is 0.200. The first-order valence-electron chi connectivity index (χ1n) is 10.8. The molecule has 0 N–H and O–H groups in total. The van der Waals surface area contributed by atoms with Gasteiger partial charge in [0.05, 0.1) is 23.3 Å². The molecule has 30 heavy (non-hydrogen) atoms. The van der Waals surface area contributed by atoms with Crippen molar-refractivity contribution in [3.8, 4) is 0 Å². The number of fused-ring (bicyclic) bond motifs is 1. The third kappa shape index (κ3) is 3.95. The molecule has 1 saturated heterocycles. The summed E-state index contributed by atoms with van der Waals surface area (Å²) >= 11 is 0. The zero-order chi connectivity index (χ0) is 20.9. The molecule has 2 aromatic rings. The molecule has 2 fully saturated rings. The molecule has 3 aliphatic rings. The van der Waals surface area contributed by atoms with E-state index in [4.69, 9.17) is 5.10 Å². The minimum Gasteiger partial charge on any atom is -0.288 e. The third-order valence-corrected chi connectivity index (χ3v) is 8.02. The van der Waals surface area contributed by atoms with E-state index in [9.17, 15) is 8.42 Å². The summed E-state index contributed by atoms with van der Waals surface area (Å²) in [5, 5.41) is 7.24.